The fraction of sp³-hybridized carbons (Fsp3) is 0.360. The Balaban J connectivity index is 1.20. The number of aryl methyl sites for hydroxylation is 1. The highest BCUT2D eigenvalue weighted by atomic mass is 19.4. The van der Waals surface area contributed by atoms with Gasteiger partial charge in [0.1, 0.15) is 29.4 Å². The molecule has 5 rings (SSSR count). The van der Waals surface area contributed by atoms with E-state index in [0.29, 0.717) is 59.0 Å². The Hall–Kier alpha value is -4.16. The fourth-order valence-electron chi connectivity index (χ4n) is 4.30. The molecule has 3 heterocycles. The van der Waals surface area contributed by atoms with Crippen LogP contribution in [-0.2, 0) is 6.42 Å². The molecule has 0 atom stereocenters. The van der Waals surface area contributed by atoms with Crippen LogP contribution in [0.2, 0.25) is 0 Å². The minimum atomic E-state index is -4.16. The summed E-state index contributed by atoms with van der Waals surface area (Å²) in [6.45, 7) is 0. The number of hydrogen-bond donors (Lipinski definition) is 3. The van der Waals surface area contributed by atoms with Crippen LogP contribution >= 0.6 is 0 Å². The van der Waals surface area contributed by atoms with Gasteiger partial charge in [0.25, 0.3) is 0 Å². The Morgan fingerprint density at radius 3 is 2.68 bits per heavy atom. The summed E-state index contributed by atoms with van der Waals surface area (Å²) < 4.78 is 58.7. The Morgan fingerprint density at radius 2 is 1.95 bits per heavy atom. The molecule has 0 aliphatic heterocycles. The van der Waals surface area contributed by atoms with Gasteiger partial charge in [-0.25, -0.2) is 19.2 Å². The number of amides is 2. The number of urea groups is 1. The van der Waals surface area contributed by atoms with E-state index in [2.05, 4.69) is 25.8 Å². The second kappa shape index (κ2) is 10.3. The van der Waals surface area contributed by atoms with E-state index in [9.17, 15) is 22.4 Å². The van der Waals surface area contributed by atoms with Crippen LogP contribution in [0.5, 0.6) is 0 Å². The number of aromatic nitrogens is 4. The maximum absolute atomic E-state index is 15.0. The first-order valence-corrected chi connectivity index (χ1v) is 12.2. The first-order chi connectivity index (χ1) is 18.2. The molecule has 1 fully saturated rings. The number of nitrogens with two attached hydrogens (primary N) is 1. The molecule has 1 saturated carbocycles. The summed E-state index contributed by atoms with van der Waals surface area (Å²) in [5, 5.41) is 9.26. The van der Waals surface area contributed by atoms with Gasteiger partial charge >= 0.3 is 12.2 Å². The van der Waals surface area contributed by atoms with Gasteiger partial charge in [-0.15, -0.1) is 0 Å². The minimum absolute atomic E-state index is 0.0409. The Labute approximate surface area is 214 Å². The molecule has 9 nitrogen and oxygen atoms in total. The van der Waals surface area contributed by atoms with Crippen molar-refractivity contribution in [1.82, 2.24) is 19.7 Å². The third kappa shape index (κ3) is 5.87. The monoisotopic (exact) mass is 531 g/mol. The first-order valence-electron chi connectivity index (χ1n) is 12.2. The van der Waals surface area contributed by atoms with Crippen LogP contribution in [0.3, 0.4) is 0 Å². The van der Waals surface area contributed by atoms with Crippen molar-refractivity contribution in [3.8, 4) is 11.1 Å². The summed E-state index contributed by atoms with van der Waals surface area (Å²) in [6, 6.07) is 5.50. The zero-order valence-electron chi connectivity index (χ0n) is 20.2. The number of unbranched alkanes of at least 4 members (excludes halogenated alkanes) is 2. The van der Waals surface area contributed by atoms with Crippen LogP contribution in [0.4, 0.5) is 39.7 Å². The second-order valence-electron chi connectivity index (χ2n) is 9.27. The number of carbonyl (C=O) groups is 1. The number of nitrogens with zero attached hydrogens (tertiary/aromatic N) is 4. The van der Waals surface area contributed by atoms with Gasteiger partial charge < -0.3 is 20.1 Å². The highest BCUT2D eigenvalue weighted by Crippen LogP contribution is 2.42. The van der Waals surface area contributed by atoms with Crippen molar-refractivity contribution in [1.29, 1.82) is 0 Å². The lowest BCUT2D eigenvalue weighted by atomic mass is 10.1. The number of rotatable bonds is 9. The van der Waals surface area contributed by atoms with Crippen LogP contribution in [0, 0.1) is 5.82 Å². The maximum Gasteiger partial charge on any atom is 0.389 e. The highest BCUT2D eigenvalue weighted by molar-refractivity contribution is 6.02. The predicted molar refractivity (Wildman–Crippen MR) is 133 cm³/mol. The van der Waals surface area contributed by atoms with Crippen molar-refractivity contribution in [3.05, 3.63) is 48.4 Å². The lowest BCUT2D eigenvalue weighted by molar-refractivity contribution is -0.135. The van der Waals surface area contributed by atoms with Crippen molar-refractivity contribution in [2.45, 2.75) is 57.2 Å². The molecule has 0 saturated heterocycles. The Bertz CT molecular complexity index is 1460. The molecular weight excluding hydrogens is 506 g/mol. The molecule has 1 aliphatic carbocycles. The number of hydrogen-bond acceptors (Lipinski definition) is 6. The summed E-state index contributed by atoms with van der Waals surface area (Å²) in [5.74, 6) is 0.185. The summed E-state index contributed by atoms with van der Waals surface area (Å²) >= 11 is 0. The lowest BCUT2D eigenvalue weighted by Gasteiger charge is -2.08. The lowest BCUT2D eigenvalue weighted by Crippen LogP contribution is -2.20. The van der Waals surface area contributed by atoms with Crippen molar-refractivity contribution >= 4 is 34.4 Å². The van der Waals surface area contributed by atoms with Crippen molar-refractivity contribution < 1.29 is 26.9 Å². The molecule has 0 bridgehead atoms. The molecule has 1 aromatic carbocycles. The number of carbonyl (C=O) groups excluding carboxylic acids is 1. The number of fused-ring (bicyclic) bond motifs is 1. The highest BCUT2D eigenvalue weighted by Gasteiger charge is 2.28. The number of nitrogen functional groups attached to an aromatic ring is 1. The number of alkyl halides is 3. The number of anilines is 3. The minimum Gasteiger partial charge on any atom is -0.383 e. The van der Waals surface area contributed by atoms with E-state index in [1.807, 2.05) is 10.8 Å². The summed E-state index contributed by atoms with van der Waals surface area (Å²) in [6.07, 6.45) is 1.71. The Kier molecular flexibility index (Phi) is 6.91. The smallest absolute Gasteiger partial charge is 0.383 e. The molecule has 0 radical (unpaired) electrons. The summed E-state index contributed by atoms with van der Waals surface area (Å²) in [7, 11) is 0. The van der Waals surface area contributed by atoms with E-state index in [-0.39, 0.29) is 17.9 Å². The van der Waals surface area contributed by atoms with Gasteiger partial charge in [0.15, 0.2) is 5.82 Å². The van der Waals surface area contributed by atoms with E-state index < -0.39 is 24.4 Å². The zero-order valence-corrected chi connectivity index (χ0v) is 20.2. The summed E-state index contributed by atoms with van der Waals surface area (Å²) in [4.78, 5) is 20.8. The number of nitrogens with one attached hydrogen (secondary N) is 2. The zero-order chi connectivity index (χ0) is 26.9. The van der Waals surface area contributed by atoms with Crippen molar-refractivity contribution in [2.24, 2.45) is 0 Å². The molecular formula is C25H25F4N7O2. The van der Waals surface area contributed by atoms with Crippen LogP contribution < -0.4 is 16.4 Å². The van der Waals surface area contributed by atoms with Crippen molar-refractivity contribution in [2.75, 3.05) is 16.4 Å². The van der Waals surface area contributed by atoms with E-state index in [1.54, 1.807) is 6.07 Å². The van der Waals surface area contributed by atoms with Crippen LogP contribution in [0.1, 0.15) is 50.3 Å². The normalized spacial score (nSPS) is 13.7. The standard InChI is InChI=1S/C25H25F4N7O2/c26-18-10-14(17-12-36(15-6-7-15)23-21(17)22(30)31-13-32-23)5-8-19(18)33-24(37)34-20-11-16(38-35-20)4-2-1-3-9-25(27,28)29/h5,8,10-13,15H,1-4,6-7,9H2,(H2,30,31,32)(H2,33,34,35,37). The molecule has 1 aliphatic rings. The van der Waals surface area contributed by atoms with E-state index in [1.165, 1.54) is 24.5 Å². The summed E-state index contributed by atoms with van der Waals surface area (Å²) in [5.41, 5.74) is 8.04. The van der Waals surface area contributed by atoms with E-state index in [4.69, 9.17) is 10.3 Å². The first kappa shape index (κ1) is 25.5. The van der Waals surface area contributed by atoms with Gasteiger partial charge in [-0.1, -0.05) is 17.6 Å². The topological polar surface area (TPSA) is 124 Å². The van der Waals surface area contributed by atoms with Crippen LogP contribution in [-0.4, -0.2) is 31.9 Å². The van der Waals surface area contributed by atoms with Gasteiger partial charge in [-0.2, -0.15) is 13.2 Å². The number of benzene rings is 1. The number of halogens is 4. The third-order valence-corrected chi connectivity index (χ3v) is 6.29. The Morgan fingerprint density at radius 1 is 1.13 bits per heavy atom. The predicted octanol–water partition coefficient (Wildman–Crippen LogP) is 6.45. The third-order valence-electron chi connectivity index (χ3n) is 6.29. The average Bonchev–Trinajstić information content (AvgIpc) is 3.48. The van der Waals surface area contributed by atoms with Gasteiger partial charge in [0.05, 0.1) is 11.1 Å². The molecule has 4 N–H and O–H groups in total. The van der Waals surface area contributed by atoms with Crippen LogP contribution in [0.15, 0.2) is 41.3 Å². The van der Waals surface area contributed by atoms with Gasteiger partial charge in [-0.05, 0) is 43.4 Å². The van der Waals surface area contributed by atoms with Crippen molar-refractivity contribution in [3.63, 3.8) is 0 Å². The average molecular weight is 532 g/mol. The van der Waals surface area contributed by atoms with Gasteiger partial charge in [-0.3, -0.25) is 5.32 Å². The fourth-order valence-corrected chi connectivity index (χ4v) is 4.30. The second-order valence-corrected chi connectivity index (χ2v) is 9.27. The van der Waals surface area contributed by atoms with E-state index >= 15 is 0 Å². The molecule has 0 spiro atoms. The SMILES string of the molecule is Nc1ncnc2c1c(-c1ccc(NC(=O)Nc3cc(CCCCCC(F)(F)F)on3)c(F)c1)cn2C1CC1. The van der Waals surface area contributed by atoms with E-state index in [0.717, 1.165) is 12.8 Å². The van der Waals surface area contributed by atoms with Gasteiger partial charge in [0.2, 0.25) is 0 Å². The molecule has 4 aromatic rings. The molecule has 200 valence electrons. The molecule has 0 unspecified atom stereocenters. The maximum atomic E-state index is 15.0. The molecule has 13 heteroatoms. The van der Waals surface area contributed by atoms with Gasteiger partial charge in [0, 0.05) is 36.7 Å². The molecule has 38 heavy (non-hydrogen) atoms. The molecule has 3 aromatic heterocycles. The largest absolute Gasteiger partial charge is 0.389 e. The quantitative estimate of drug-likeness (QED) is 0.168. The van der Waals surface area contributed by atoms with Crippen LogP contribution in [0.25, 0.3) is 22.2 Å². The molecule has 2 amide bonds.